The number of carbonyl (C=O) groups excluding carboxylic acids is 1. The summed E-state index contributed by atoms with van der Waals surface area (Å²) in [7, 11) is 0. The molecular weight excluding hydrogens is 348 g/mol. The number of imidazole rings is 1. The van der Waals surface area contributed by atoms with E-state index in [0.717, 1.165) is 17.1 Å². The minimum absolute atomic E-state index is 0.312. The molecule has 4 rings (SSSR count). The maximum absolute atomic E-state index is 13.9. The quantitative estimate of drug-likeness (QED) is 0.737. The highest BCUT2D eigenvalue weighted by Gasteiger charge is 2.39. The van der Waals surface area contributed by atoms with Crippen molar-refractivity contribution in [2.75, 3.05) is 4.90 Å². The third-order valence-corrected chi connectivity index (χ3v) is 4.62. The molecule has 0 bridgehead atoms. The highest BCUT2D eigenvalue weighted by atomic mass is 19.1. The molecule has 0 fully saturated rings. The Labute approximate surface area is 154 Å². The van der Waals surface area contributed by atoms with Gasteiger partial charge in [-0.25, -0.2) is 13.8 Å². The van der Waals surface area contributed by atoms with Crippen molar-refractivity contribution in [3.63, 3.8) is 0 Å². The molecular formula is C21H15F2N3O. The number of amides is 1. The average molecular weight is 363 g/mol. The summed E-state index contributed by atoms with van der Waals surface area (Å²) < 4.78 is 27.7. The van der Waals surface area contributed by atoms with E-state index in [1.807, 2.05) is 0 Å². The molecule has 0 spiro atoms. The second kappa shape index (κ2) is 6.32. The van der Waals surface area contributed by atoms with Gasteiger partial charge in [0.2, 0.25) is 0 Å². The maximum atomic E-state index is 13.9. The van der Waals surface area contributed by atoms with Gasteiger partial charge in [-0.15, -0.1) is 0 Å². The van der Waals surface area contributed by atoms with Gasteiger partial charge in [0.15, 0.2) is 0 Å². The molecule has 6 heteroatoms. The van der Waals surface area contributed by atoms with Gasteiger partial charge in [0.25, 0.3) is 5.91 Å². The lowest BCUT2D eigenvalue weighted by molar-refractivity contribution is -0.114. The third-order valence-electron chi connectivity index (χ3n) is 4.62. The molecule has 3 aromatic rings. The van der Waals surface area contributed by atoms with Crippen molar-refractivity contribution in [1.29, 1.82) is 0 Å². The highest BCUT2D eigenvalue weighted by molar-refractivity contribution is 6.13. The summed E-state index contributed by atoms with van der Waals surface area (Å²) in [5.41, 5.74) is 3.28. The Morgan fingerprint density at radius 2 is 1.81 bits per heavy atom. The van der Waals surface area contributed by atoms with E-state index in [1.54, 1.807) is 24.5 Å². The van der Waals surface area contributed by atoms with Crippen LogP contribution in [-0.2, 0) is 4.79 Å². The van der Waals surface area contributed by atoms with E-state index >= 15 is 0 Å². The van der Waals surface area contributed by atoms with Gasteiger partial charge in [-0.1, -0.05) is 25.3 Å². The van der Waals surface area contributed by atoms with Crippen molar-refractivity contribution in [3.8, 4) is 0 Å². The molecule has 134 valence electrons. The zero-order chi connectivity index (χ0) is 19.1. The normalized spacial score (nSPS) is 17.0. The molecule has 1 unspecified atom stereocenters. The van der Waals surface area contributed by atoms with Crippen molar-refractivity contribution in [3.05, 3.63) is 96.4 Å². The van der Waals surface area contributed by atoms with Gasteiger partial charge in [0.05, 0.1) is 23.4 Å². The average Bonchev–Trinajstić information content (AvgIpc) is 3.21. The lowest BCUT2D eigenvalue weighted by Crippen LogP contribution is -2.30. The Balaban J connectivity index is 1.93. The van der Waals surface area contributed by atoms with E-state index < -0.39 is 17.7 Å². The lowest BCUT2D eigenvalue weighted by Gasteiger charge is -2.27. The number of nitrogens with one attached hydrogen (secondary N) is 1. The van der Waals surface area contributed by atoms with Crippen molar-refractivity contribution in [2.24, 2.45) is 0 Å². The van der Waals surface area contributed by atoms with Crippen LogP contribution in [0.2, 0.25) is 0 Å². The molecule has 0 saturated carbocycles. The van der Waals surface area contributed by atoms with E-state index in [-0.39, 0.29) is 5.91 Å². The molecule has 1 aliphatic heterocycles. The van der Waals surface area contributed by atoms with Crippen LogP contribution in [0, 0.1) is 11.6 Å². The zero-order valence-corrected chi connectivity index (χ0v) is 14.2. The monoisotopic (exact) mass is 363 g/mol. The fourth-order valence-electron chi connectivity index (χ4n) is 3.49. The fourth-order valence-corrected chi connectivity index (χ4v) is 3.49. The number of aromatic amines is 1. The van der Waals surface area contributed by atoms with E-state index in [4.69, 9.17) is 0 Å². The van der Waals surface area contributed by atoms with Crippen LogP contribution in [0.5, 0.6) is 0 Å². The van der Waals surface area contributed by atoms with Crippen LogP contribution in [0.25, 0.3) is 11.0 Å². The molecule has 1 N–H and O–H groups in total. The summed E-state index contributed by atoms with van der Waals surface area (Å²) in [6, 6.07) is 7.82. The van der Waals surface area contributed by atoms with Crippen molar-refractivity contribution >= 4 is 22.6 Å². The predicted molar refractivity (Wildman–Crippen MR) is 100 cm³/mol. The van der Waals surface area contributed by atoms with Gasteiger partial charge >= 0.3 is 0 Å². The van der Waals surface area contributed by atoms with Gasteiger partial charge in [-0.3, -0.25) is 9.69 Å². The summed E-state index contributed by atoms with van der Waals surface area (Å²) in [4.78, 5) is 21.7. The first-order chi connectivity index (χ1) is 13.0. The molecule has 4 nitrogen and oxygen atoms in total. The number of aromatic nitrogens is 2. The Kier molecular flexibility index (Phi) is 3.96. The van der Waals surface area contributed by atoms with E-state index in [1.165, 1.54) is 29.2 Å². The first-order valence-corrected chi connectivity index (χ1v) is 8.25. The van der Waals surface area contributed by atoms with Crippen LogP contribution < -0.4 is 4.90 Å². The Morgan fingerprint density at radius 3 is 2.48 bits per heavy atom. The summed E-state index contributed by atoms with van der Waals surface area (Å²) in [5.74, 6) is -1.73. The molecule has 1 atom stereocenters. The number of hydrogen-bond acceptors (Lipinski definition) is 2. The van der Waals surface area contributed by atoms with Gasteiger partial charge < -0.3 is 4.98 Å². The Hall–Kier alpha value is -3.54. The molecule has 27 heavy (non-hydrogen) atoms. The van der Waals surface area contributed by atoms with Crippen LogP contribution in [0.4, 0.5) is 14.5 Å². The zero-order valence-electron chi connectivity index (χ0n) is 14.2. The van der Waals surface area contributed by atoms with Crippen LogP contribution in [0.1, 0.15) is 11.6 Å². The van der Waals surface area contributed by atoms with E-state index in [9.17, 15) is 13.6 Å². The standard InChI is InChI=1S/C21H15F2N3O/c1-3-16-17(4-2)21(27)26(15-5-6-18-19(10-15)25-11-24-18)20(16)12-7-13(22)9-14(23)8-12/h3-11,20H,1-2H2,(H,24,25). The number of hydrogen-bond donors (Lipinski definition) is 1. The van der Waals surface area contributed by atoms with Gasteiger partial charge in [0.1, 0.15) is 11.6 Å². The van der Waals surface area contributed by atoms with Crippen molar-refractivity contribution in [2.45, 2.75) is 6.04 Å². The largest absolute Gasteiger partial charge is 0.345 e. The van der Waals surface area contributed by atoms with Gasteiger partial charge in [0, 0.05) is 17.3 Å². The number of anilines is 1. The number of benzene rings is 2. The second-order valence-electron chi connectivity index (χ2n) is 6.16. The lowest BCUT2D eigenvalue weighted by atomic mass is 9.97. The molecule has 1 aromatic heterocycles. The van der Waals surface area contributed by atoms with Crippen LogP contribution in [-0.4, -0.2) is 15.9 Å². The Bertz CT molecular complexity index is 1110. The topological polar surface area (TPSA) is 49.0 Å². The minimum atomic E-state index is -0.714. The van der Waals surface area contributed by atoms with Crippen molar-refractivity contribution < 1.29 is 13.6 Å². The number of nitrogens with zero attached hydrogens (tertiary/aromatic N) is 2. The summed E-state index contributed by atoms with van der Waals surface area (Å²) >= 11 is 0. The summed E-state index contributed by atoms with van der Waals surface area (Å²) in [5, 5.41) is 0. The summed E-state index contributed by atoms with van der Waals surface area (Å²) in [6.07, 6.45) is 4.52. The van der Waals surface area contributed by atoms with Crippen LogP contribution in [0.3, 0.4) is 0 Å². The number of carbonyl (C=O) groups is 1. The Morgan fingerprint density at radius 1 is 1.07 bits per heavy atom. The van der Waals surface area contributed by atoms with Gasteiger partial charge in [-0.05, 0) is 41.5 Å². The number of fused-ring (bicyclic) bond motifs is 1. The first kappa shape index (κ1) is 16.9. The fraction of sp³-hybridized carbons (Fsp3) is 0.0476. The molecule has 0 saturated heterocycles. The van der Waals surface area contributed by atoms with Crippen LogP contribution in [0.15, 0.2) is 79.2 Å². The maximum Gasteiger partial charge on any atom is 0.259 e. The number of H-pyrrole nitrogens is 1. The summed E-state index contributed by atoms with van der Waals surface area (Å²) in [6.45, 7) is 7.48. The molecule has 2 heterocycles. The SMILES string of the molecule is C=CC1=C(C=C)C(c2cc(F)cc(F)c2)N(c2ccc3nc[nH]c3c2)C1=O. The molecule has 2 aromatic carbocycles. The van der Waals surface area contributed by atoms with Crippen LogP contribution >= 0.6 is 0 Å². The minimum Gasteiger partial charge on any atom is -0.345 e. The van der Waals surface area contributed by atoms with Crippen molar-refractivity contribution in [1.82, 2.24) is 9.97 Å². The van der Waals surface area contributed by atoms with Gasteiger partial charge in [-0.2, -0.15) is 0 Å². The van der Waals surface area contributed by atoms with E-state index in [2.05, 4.69) is 23.1 Å². The smallest absolute Gasteiger partial charge is 0.259 e. The predicted octanol–water partition coefficient (Wildman–Crippen LogP) is 4.60. The second-order valence-corrected chi connectivity index (χ2v) is 6.16. The third kappa shape index (κ3) is 2.66. The molecule has 0 aliphatic carbocycles. The molecule has 1 aliphatic rings. The molecule has 0 radical (unpaired) electrons. The molecule has 1 amide bonds. The first-order valence-electron chi connectivity index (χ1n) is 8.25. The van der Waals surface area contributed by atoms with E-state index in [0.29, 0.717) is 22.4 Å². The number of halogens is 2. The highest BCUT2D eigenvalue weighted by Crippen LogP contribution is 2.42. The number of rotatable bonds is 4.